The summed E-state index contributed by atoms with van der Waals surface area (Å²) in [6, 6.07) is 3.79. The molecule has 0 fully saturated rings. The second-order valence-electron chi connectivity index (χ2n) is 3.03. The molecule has 0 saturated carbocycles. The van der Waals surface area contributed by atoms with Crippen LogP contribution < -0.4 is 5.73 Å². The Labute approximate surface area is 92.0 Å². The van der Waals surface area contributed by atoms with Crippen LogP contribution in [0.5, 0.6) is 0 Å². The van der Waals surface area contributed by atoms with E-state index in [0.29, 0.717) is 5.69 Å². The minimum absolute atomic E-state index is 0.710. The van der Waals surface area contributed by atoms with Gasteiger partial charge in [0.1, 0.15) is 16.4 Å². The van der Waals surface area contributed by atoms with Gasteiger partial charge in [0.25, 0.3) is 0 Å². The van der Waals surface area contributed by atoms with Crippen LogP contribution in [-0.4, -0.2) is 15.0 Å². The highest BCUT2D eigenvalue weighted by molar-refractivity contribution is 7.99. The highest BCUT2D eigenvalue weighted by atomic mass is 32.2. The Hall–Kier alpha value is -1.62. The second-order valence-corrected chi connectivity index (χ2v) is 4.07. The topological polar surface area (TPSA) is 64.7 Å². The van der Waals surface area contributed by atoms with Crippen LogP contribution in [0.4, 0.5) is 5.69 Å². The van der Waals surface area contributed by atoms with Gasteiger partial charge in [0.15, 0.2) is 0 Å². The monoisotopic (exact) mass is 218 g/mol. The molecule has 15 heavy (non-hydrogen) atoms. The number of anilines is 1. The first-order valence-electron chi connectivity index (χ1n) is 4.41. The first kappa shape index (κ1) is 9.92. The van der Waals surface area contributed by atoms with E-state index in [4.69, 9.17) is 5.73 Å². The summed E-state index contributed by atoms with van der Waals surface area (Å²) in [7, 11) is 0. The molecule has 0 aliphatic carbocycles. The standard InChI is InChI=1S/C10H10N4S/c1-7-4-10(13-5-8(7)11)15-9-2-3-12-6-14-9/h2-6H,11H2,1H3. The fourth-order valence-electron chi connectivity index (χ4n) is 1.04. The summed E-state index contributed by atoms with van der Waals surface area (Å²) < 4.78 is 0. The summed E-state index contributed by atoms with van der Waals surface area (Å²) in [5, 5.41) is 1.77. The number of nitrogens with zero attached hydrogens (tertiary/aromatic N) is 3. The Morgan fingerprint density at radius 3 is 2.80 bits per heavy atom. The Balaban J connectivity index is 2.22. The second kappa shape index (κ2) is 4.27. The van der Waals surface area contributed by atoms with Gasteiger partial charge in [-0.05, 0) is 36.4 Å². The molecule has 0 saturated heterocycles. The van der Waals surface area contributed by atoms with Crippen LogP contribution in [0.3, 0.4) is 0 Å². The van der Waals surface area contributed by atoms with Crippen molar-refractivity contribution in [3.63, 3.8) is 0 Å². The molecule has 0 atom stereocenters. The van der Waals surface area contributed by atoms with Crippen molar-refractivity contribution in [3.8, 4) is 0 Å². The minimum Gasteiger partial charge on any atom is -0.397 e. The van der Waals surface area contributed by atoms with Gasteiger partial charge >= 0.3 is 0 Å². The van der Waals surface area contributed by atoms with Gasteiger partial charge < -0.3 is 5.73 Å². The summed E-state index contributed by atoms with van der Waals surface area (Å²) in [6.07, 6.45) is 4.89. The zero-order valence-electron chi connectivity index (χ0n) is 8.21. The molecule has 5 heteroatoms. The van der Waals surface area contributed by atoms with E-state index in [1.807, 2.05) is 19.1 Å². The van der Waals surface area contributed by atoms with Crippen molar-refractivity contribution in [3.05, 3.63) is 36.4 Å². The van der Waals surface area contributed by atoms with Gasteiger partial charge in [-0.1, -0.05) is 0 Å². The van der Waals surface area contributed by atoms with Gasteiger partial charge in [0.05, 0.1) is 11.9 Å². The molecule has 0 spiro atoms. The van der Waals surface area contributed by atoms with Gasteiger partial charge in [0, 0.05) is 6.20 Å². The fraction of sp³-hybridized carbons (Fsp3) is 0.100. The molecular formula is C10H10N4S. The third-order valence-corrected chi connectivity index (χ3v) is 2.77. The van der Waals surface area contributed by atoms with Crippen molar-refractivity contribution in [2.24, 2.45) is 0 Å². The summed E-state index contributed by atoms with van der Waals surface area (Å²) in [4.78, 5) is 12.2. The van der Waals surface area contributed by atoms with Crippen molar-refractivity contribution in [1.29, 1.82) is 0 Å². The van der Waals surface area contributed by atoms with Gasteiger partial charge in [0.2, 0.25) is 0 Å². The van der Waals surface area contributed by atoms with Gasteiger partial charge in [-0.3, -0.25) is 0 Å². The number of rotatable bonds is 2. The molecule has 0 aliphatic rings. The fourth-order valence-corrected chi connectivity index (χ4v) is 1.83. The quantitative estimate of drug-likeness (QED) is 0.780. The minimum atomic E-state index is 0.710. The summed E-state index contributed by atoms with van der Waals surface area (Å²) in [5.41, 5.74) is 7.42. The third kappa shape index (κ3) is 2.44. The number of hydrogen-bond donors (Lipinski definition) is 1. The van der Waals surface area contributed by atoms with Crippen LogP contribution in [0.25, 0.3) is 0 Å². The van der Waals surface area contributed by atoms with E-state index in [1.165, 1.54) is 18.1 Å². The number of pyridine rings is 1. The van der Waals surface area contributed by atoms with Gasteiger partial charge in [-0.25, -0.2) is 15.0 Å². The zero-order chi connectivity index (χ0) is 10.7. The lowest BCUT2D eigenvalue weighted by atomic mass is 10.3. The van der Waals surface area contributed by atoms with Crippen molar-refractivity contribution in [2.45, 2.75) is 17.0 Å². The lowest BCUT2D eigenvalue weighted by molar-refractivity contribution is 1.03. The summed E-state index contributed by atoms with van der Waals surface area (Å²) in [6.45, 7) is 1.96. The number of nitrogens with two attached hydrogens (primary N) is 1. The molecular weight excluding hydrogens is 208 g/mol. The summed E-state index contributed by atoms with van der Waals surface area (Å²) >= 11 is 1.49. The molecule has 0 unspecified atom stereocenters. The first-order valence-corrected chi connectivity index (χ1v) is 5.23. The molecule has 0 radical (unpaired) electrons. The molecule has 2 rings (SSSR count). The highest BCUT2D eigenvalue weighted by Gasteiger charge is 2.01. The van der Waals surface area contributed by atoms with Crippen LogP contribution >= 0.6 is 11.8 Å². The molecule has 4 nitrogen and oxygen atoms in total. The van der Waals surface area contributed by atoms with E-state index < -0.39 is 0 Å². The van der Waals surface area contributed by atoms with Crippen LogP contribution in [0.15, 0.2) is 40.9 Å². The maximum atomic E-state index is 5.68. The van der Waals surface area contributed by atoms with Crippen molar-refractivity contribution in [1.82, 2.24) is 15.0 Å². The normalized spacial score (nSPS) is 10.2. The van der Waals surface area contributed by atoms with Crippen molar-refractivity contribution in [2.75, 3.05) is 5.73 Å². The zero-order valence-corrected chi connectivity index (χ0v) is 9.03. The highest BCUT2D eigenvalue weighted by Crippen LogP contribution is 2.25. The molecule has 2 aromatic heterocycles. The predicted molar refractivity (Wildman–Crippen MR) is 59.5 cm³/mol. The Morgan fingerprint density at radius 1 is 1.27 bits per heavy atom. The smallest absolute Gasteiger partial charge is 0.116 e. The maximum Gasteiger partial charge on any atom is 0.116 e. The number of aromatic nitrogens is 3. The maximum absolute atomic E-state index is 5.68. The molecule has 2 heterocycles. The van der Waals surface area contributed by atoms with E-state index >= 15 is 0 Å². The molecule has 0 aromatic carbocycles. The van der Waals surface area contributed by atoms with Gasteiger partial charge in [-0.2, -0.15) is 0 Å². The van der Waals surface area contributed by atoms with Crippen LogP contribution in [-0.2, 0) is 0 Å². The molecule has 2 N–H and O–H groups in total. The average molecular weight is 218 g/mol. The van der Waals surface area contributed by atoms with E-state index in [-0.39, 0.29) is 0 Å². The lowest BCUT2D eigenvalue weighted by Crippen LogP contribution is -1.92. The van der Waals surface area contributed by atoms with Gasteiger partial charge in [-0.15, -0.1) is 0 Å². The molecule has 0 aliphatic heterocycles. The summed E-state index contributed by atoms with van der Waals surface area (Å²) in [5.74, 6) is 0. The Kier molecular flexibility index (Phi) is 2.82. The van der Waals surface area contributed by atoms with Crippen molar-refractivity contribution >= 4 is 17.4 Å². The molecule has 0 amide bonds. The lowest BCUT2D eigenvalue weighted by Gasteiger charge is -2.02. The van der Waals surface area contributed by atoms with Crippen LogP contribution in [0, 0.1) is 6.92 Å². The Morgan fingerprint density at radius 2 is 2.13 bits per heavy atom. The number of nitrogen functional groups attached to an aromatic ring is 1. The van der Waals surface area contributed by atoms with Crippen molar-refractivity contribution < 1.29 is 0 Å². The number of hydrogen-bond acceptors (Lipinski definition) is 5. The predicted octanol–water partition coefficient (Wildman–Crippen LogP) is 1.91. The van der Waals surface area contributed by atoms with E-state index in [1.54, 1.807) is 12.4 Å². The van der Waals surface area contributed by atoms with Crippen LogP contribution in [0.2, 0.25) is 0 Å². The largest absolute Gasteiger partial charge is 0.397 e. The number of aryl methyl sites for hydroxylation is 1. The first-order chi connectivity index (χ1) is 7.25. The molecule has 76 valence electrons. The molecule has 2 aromatic rings. The third-order valence-electron chi connectivity index (χ3n) is 1.89. The average Bonchev–Trinajstić information content (AvgIpc) is 2.25. The van der Waals surface area contributed by atoms with E-state index in [9.17, 15) is 0 Å². The van der Waals surface area contributed by atoms with Crippen LogP contribution in [0.1, 0.15) is 5.56 Å². The molecule has 0 bridgehead atoms. The van der Waals surface area contributed by atoms with E-state index in [0.717, 1.165) is 15.6 Å². The van der Waals surface area contributed by atoms with E-state index in [2.05, 4.69) is 15.0 Å². The Bertz CT molecular complexity index is 458. The SMILES string of the molecule is Cc1cc(Sc2ccncn2)ncc1N.